The Morgan fingerprint density at radius 1 is 1.17 bits per heavy atom. The molecule has 1 aromatic carbocycles. The number of quaternary nitrogens is 1. The van der Waals surface area contributed by atoms with Crippen molar-refractivity contribution in [1.82, 2.24) is 4.90 Å². The molecule has 0 saturated carbocycles. The number of allylic oxidation sites excluding steroid dienone is 2. The number of carbonyl (C=O) groups is 2. The maximum Gasteiger partial charge on any atom is 0.573 e. The number of likely N-dealkylation sites (N-methyl/N-ethyl adjacent to an activating group) is 2. The van der Waals surface area contributed by atoms with Crippen LogP contribution < -0.4 is 15.0 Å². The average molecular weight is 414 g/mol. The number of nitrogens with zero attached hydrogens (tertiary/aromatic N) is 1. The van der Waals surface area contributed by atoms with Gasteiger partial charge in [0.05, 0.1) is 7.05 Å². The topological polar surface area (TPSA) is 63.1 Å². The van der Waals surface area contributed by atoms with Crippen molar-refractivity contribution in [1.29, 1.82) is 0 Å². The van der Waals surface area contributed by atoms with Gasteiger partial charge in [-0.1, -0.05) is 6.08 Å². The second kappa shape index (κ2) is 10.3. The number of carbonyl (C=O) groups excluding carboxylic acids is 2. The van der Waals surface area contributed by atoms with Crippen molar-refractivity contribution in [3.05, 3.63) is 36.0 Å². The molecule has 0 heterocycles. The zero-order chi connectivity index (χ0) is 21.4. The molecule has 2 N–H and O–H groups in total. The maximum absolute atomic E-state index is 12.6. The SMILES string of the molecule is CCN(C(=O)C[NH+](C)CC(=O)Nc1ccc(OC(F)(F)F)cc1)C1=CCCCC1. The molecule has 2 rings (SSSR count). The minimum atomic E-state index is -4.76. The summed E-state index contributed by atoms with van der Waals surface area (Å²) in [6.07, 6.45) is 1.45. The van der Waals surface area contributed by atoms with E-state index in [1.807, 2.05) is 6.92 Å². The van der Waals surface area contributed by atoms with Gasteiger partial charge in [0.2, 0.25) is 0 Å². The van der Waals surface area contributed by atoms with Crippen LogP contribution in [0.1, 0.15) is 32.6 Å². The number of benzene rings is 1. The average Bonchev–Trinajstić information content (AvgIpc) is 2.63. The molecule has 160 valence electrons. The number of nitrogens with one attached hydrogen (secondary N) is 2. The smallest absolute Gasteiger partial charge is 0.406 e. The van der Waals surface area contributed by atoms with Crippen LogP contribution in [-0.2, 0) is 9.59 Å². The van der Waals surface area contributed by atoms with E-state index >= 15 is 0 Å². The number of anilines is 1. The van der Waals surface area contributed by atoms with E-state index in [9.17, 15) is 22.8 Å². The van der Waals surface area contributed by atoms with Crippen LogP contribution in [0.3, 0.4) is 0 Å². The highest BCUT2D eigenvalue weighted by atomic mass is 19.4. The van der Waals surface area contributed by atoms with Crippen molar-refractivity contribution in [3.63, 3.8) is 0 Å². The molecule has 1 aromatic rings. The molecule has 0 spiro atoms. The molecule has 1 atom stereocenters. The molecule has 0 aliphatic heterocycles. The lowest BCUT2D eigenvalue weighted by Gasteiger charge is -2.27. The van der Waals surface area contributed by atoms with Gasteiger partial charge < -0.3 is 19.9 Å². The van der Waals surface area contributed by atoms with Crippen LogP contribution in [0.5, 0.6) is 5.75 Å². The third kappa shape index (κ3) is 7.77. The summed E-state index contributed by atoms with van der Waals surface area (Å²) >= 11 is 0. The van der Waals surface area contributed by atoms with E-state index in [0.717, 1.165) is 48.4 Å². The van der Waals surface area contributed by atoms with Crippen LogP contribution in [0.4, 0.5) is 18.9 Å². The van der Waals surface area contributed by atoms with Crippen molar-refractivity contribution in [2.24, 2.45) is 0 Å². The lowest BCUT2D eigenvalue weighted by molar-refractivity contribution is -0.862. The largest absolute Gasteiger partial charge is 0.573 e. The molecule has 0 radical (unpaired) electrons. The minimum absolute atomic E-state index is 0.0281. The van der Waals surface area contributed by atoms with Crippen LogP contribution in [0, 0.1) is 0 Å². The number of ether oxygens (including phenoxy) is 1. The number of hydrogen-bond acceptors (Lipinski definition) is 3. The van der Waals surface area contributed by atoms with Crippen molar-refractivity contribution in [2.45, 2.75) is 39.0 Å². The van der Waals surface area contributed by atoms with Gasteiger partial charge in [-0.05, 0) is 56.9 Å². The van der Waals surface area contributed by atoms with Gasteiger partial charge in [0.1, 0.15) is 5.75 Å². The van der Waals surface area contributed by atoms with Gasteiger partial charge in [-0.15, -0.1) is 13.2 Å². The molecule has 0 aromatic heterocycles. The molecule has 0 fully saturated rings. The Morgan fingerprint density at radius 3 is 2.41 bits per heavy atom. The number of rotatable bonds is 8. The summed E-state index contributed by atoms with van der Waals surface area (Å²) in [6, 6.07) is 4.90. The van der Waals surface area contributed by atoms with Gasteiger partial charge in [0.15, 0.2) is 13.1 Å². The van der Waals surface area contributed by atoms with Crippen LogP contribution in [-0.4, -0.2) is 49.8 Å². The first-order valence-corrected chi connectivity index (χ1v) is 9.64. The highest BCUT2D eigenvalue weighted by molar-refractivity contribution is 5.91. The van der Waals surface area contributed by atoms with Crippen molar-refractivity contribution < 1.29 is 32.4 Å². The predicted octanol–water partition coefficient (Wildman–Crippen LogP) is 2.34. The summed E-state index contributed by atoms with van der Waals surface area (Å²) in [5.41, 5.74) is 1.41. The molecule has 6 nitrogen and oxygen atoms in total. The second-order valence-corrected chi connectivity index (χ2v) is 7.01. The van der Waals surface area contributed by atoms with Crippen molar-refractivity contribution in [2.75, 3.05) is 32.0 Å². The monoisotopic (exact) mass is 414 g/mol. The summed E-state index contributed by atoms with van der Waals surface area (Å²) in [4.78, 5) is 27.3. The van der Waals surface area contributed by atoms with E-state index in [-0.39, 0.29) is 30.7 Å². The number of alkyl halides is 3. The fourth-order valence-corrected chi connectivity index (χ4v) is 3.24. The van der Waals surface area contributed by atoms with E-state index in [2.05, 4.69) is 16.1 Å². The molecular formula is C20H27F3N3O3+. The van der Waals surface area contributed by atoms with Crippen LogP contribution >= 0.6 is 0 Å². The standard InChI is InChI=1S/C20H26F3N3O3/c1-3-26(16-7-5-4-6-8-16)19(28)14-25(2)13-18(27)24-15-9-11-17(12-10-15)29-20(21,22)23/h7,9-12H,3-6,8,13-14H2,1-2H3,(H,24,27)/p+1. The molecular weight excluding hydrogens is 387 g/mol. The highest BCUT2D eigenvalue weighted by Gasteiger charge is 2.31. The van der Waals surface area contributed by atoms with E-state index in [4.69, 9.17) is 0 Å². The van der Waals surface area contributed by atoms with Crippen LogP contribution in [0.2, 0.25) is 0 Å². The van der Waals surface area contributed by atoms with Gasteiger partial charge >= 0.3 is 6.36 Å². The Balaban J connectivity index is 1.83. The Morgan fingerprint density at radius 2 is 1.86 bits per heavy atom. The highest BCUT2D eigenvalue weighted by Crippen LogP contribution is 2.24. The molecule has 29 heavy (non-hydrogen) atoms. The summed E-state index contributed by atoms with van der Waals surface area (Å²) in [5.74, 6) is -0.722. The molecule has 2 amide bonds. The van der Waals surface area contributed by atoms with E-state index in [1.165, 1.54) is 12.1 Å². The fraction of sp³-hybridized carbons (Fsp3) is 0.500. The van der Waals surface area contributed by atoms with E-state index in [1.54, 1.807) is 11.9 Å². The zero-order valence-corrected chi connectivity index (χ0v) is 16.6. The Kier molecular flexibility index (Phi) is 8.07. The Hall–Kier alpha value is -2.55. The van der Waals surface area contributed by atoms with Crippen molar-refractivity contribution in [3.8, 4) is 5.75 Å². The molecule has 1 unspecified atom stereocenters. The third-order valence-electron chi connectivity index (χ3n) is 4.52. The zero-order valence-electron chi connectivity index (χ0n) is 16.6. The third-order valence-corrected chi connectivity index (χ3v) is 4.52. The van der Waals surface area contributed by atoms with E-state index < -0.39 is 6.36 Å². The first-order chi connectivity index (χ1) is 13.7. The number of halogens is 3. The Bertz CT molecular complexity index is 733. The normalized spacial score (nSPS) is 15.3. The number of amides is 2. The minimum Gasteiger partial charge on any atom is -0.406 e. The summed E-state index contributed by atoms with van der Waals surface area (Å²) in [7, 11) is 1.75. The lowest BCUT2D eigenvalue weighted by Crippen LogP contribution is -3.11. The molecule has 1 aliphatic rings. The van der Waals surface area contributed by atoms with E-state index in [0.29, 0.717) is 12.2 Å². The molecule has 9 heteroatoms. The van der Waals surface area contributed by atoms with Crippen LogP contribution in [0.15, 0.2) is 36.0 Å². The van der Waals surface area contributed by atoms with Crippen LogP contribution in [0.25, 0.3) is 0 Å². The summed E-state index contributed by atoms with van der Waals surface area (Å²) in [5, 5.41) is 2.61. The summed E-state index contributed by atoms with van der Waals surface area (Å²) < 4.78 is 40.3. The predicted molar refractivity (Wildman–Crippen MR) is 102 cm³/mol. The first kappa shape index (κ1) is 22.7. The number of hydrogen-bond donors (Lipinski definition) is 2. The summed E-state index contributed by atoms with van der Waals surface area (Å²) in [6.45, 7) is 2.76. The maximum atomic E-state index is 12.6. The first-order valence-electron chi connectivity index (χ1n) is 9.64. The molecule has 1 aliphatic carbocycles. The van der Waals surface area contributed by atoms with Gasteiger partial charge in [-0.2, -0.15) is 0 Å². The molecule has 0 bridgehead atoms. The Labute approximate surface area is 168 Å². The lowest BCUT2D eigenvalue weighted by atomic mass is 10.0. The van der Waals surface area contributed by atoms with Gasteiger partial charge in [-0.25, -0.2) is 0 Å². The van der Waals surface area contributed by atoms with Gasteiger partial charge in [0.25, 0.3) is 11.8 Å². The fourth-order valence-electron chi connectivity index (χ4n) is 3.24. The second-order valence-electron chi connectivity index (χ2n) is 7.01. The van der Waals surface area contributed by atoms with Gasteiger partial charge in [-0.3, -0.25) is 9.59 Å². The molecule has 0 saturated heterocycles. The van der Waals surface area contributed by atoms with Gasteiger partial charge in [0, 0.05) is 17.9 Å². The van der Waals surface area contributed by atoms with Crippen molar-refractivity contribution >= 4 is 17.5 Å². The quantitative estimate of drug-likeness (QED) is 0.687.